The van der Waals surface area contributed by atoms with Gasteiger partial charge in [0.1, 0.15) is 0 Å². The molecule has 7 heteroatoms. The van der Waals surface area contributed by atoms with E-state index in [2.05, 4.69) is 0 Å². The highest BCUT2D eigenvalue weighted by Gasteiger charge is 2.36. The molecule has 0 spiro atoms. The summed E-state index contributed by atoms with van der Waals surface area (Å²) < 4.78 is 32.6. The summed E-state index contributed by atoms with van der Waals surface area (Å²) in [4.78, 5) is 14.1. The fraction of sp³-hybridized carbons (Fsp3) is 0.938. The number of piperidine rings is 2. The van der Waals surface area contributed by atoms with Crippen LogP contribution >= 0.6 is 0 Å². The topological polar surface area (TPSA) is 66.9 Å². The smallest absolute Gasteiger partial charge is 0.225 e. The third-order valence-electron chi connectivity index (χ3n) is 5.32. The third-order valence-corrected chi connectivity index (χ3v) is 7.72. The van der Waals surface area contributed by atoms with Crippen molar-refractivity contribution in [3.05, 3.63) is 0 Å². The Morgan fingerprint density at radius 1 is 0.957 bits per heavy atom. The minimum Gasteiger partial charge on any atom is -0.378 e. The molecule has 0 aromatic heterocycles. The number of likely N-dealkylation sites (tertiary alicyclic amines) is 1. The van der Waals surface area contributed by atoms with E-state index in [1.54, 1.807) is 4.31 Å². The van der Waals surface area contributed by atoms with E-state index in [1.807, 2.05) is 4.90 Å². The number of hydrogen-bond acceptors (Lipinski definition) is 4. The monoisotopic (exact) mass is 344 g/mol. The van der Waals surface area contributed by atoms with Gasteiger partial charge in [-0.2, -0.15) is 0 Å². The second kappa shape index (κ2) is 7.49. The van der Waals surface area contributed by atoms with Gasteiger partial charge in [0.05, 0.1) is 17.8 Å². The van der Waals surface area contributed by atoms with Gasteiger partial charge < -0.3 is 9.64 Å². The molecule has 0 aliphatic carbocycles. The van der Waals surface area contributed by atoms with Crippen molar-refractivity contribution < 1.29 is 17.9 Å². The highest BCUT2D eigenvalue weighted by molar-refractivity contribution is 7.89. The van der Waals surface area contributed by atoms with Gasteiger partial charge in [-0.1, -0.05) is 6.42 Å². The van der Waals surface area contributed by atoms with E-state index in [0.29, 0.717) is 45.4 Å². The average molecular weight is 344 g/mol. The number of carbonyl (C=O) groups is 1. The largest absolute Gasteiger partial charge is 0.378 e. The van der Waals surface area contributed by atoms with Crippen LogP contribution in [0.1, 0.15) is 51.4 Å². The minimum atomic E-state index is -3.19. The quantitative estimate of drug-likeness (QED) is 0.772. The Morgan fingerprint density at radius 3 is 2.26 bits per heavy atom. The molecule has 0 N–H and O–H groups in total. The summed E-state index contributed by atoms with van der Waals surface area (Å²) in [5, 5.41) is -0.313. The Balaban J connectivity index is 1.50. The molecule has 132 valence electrons. The average Bonchev–Trinajstić information content (AvgIpc) is 3.09. The molecule has 3 fully saturated rings. The predicted octanol–water partition coefficient (Wildman–Crippen LogP) is 1.36. The molecule has 3 rings (SSSR count). The van der Waals surface area contributed by atoms with E-state index in [4.69, 9.17) is 4.74 Å². The van der Waals surface area contributed by atoms with Gasteiger partial charge in [-0.05, 0) is 38.5 Å². The molecule has 3 aliphatic rings. The third kappa shape index (κ3) is 4.06. The summed E-state index contributed by atoms with van der Waals surface area (Å²) in [7, 11) is -3.19. The summed E-state index contributed by atoms with van der Waals surface area (Å²) in [6.07, 6.45) is 6.71. The molecule has 3 heterocycles. The van der Waals surface area contributed by atoms with Gasteiger partial charge in [0.2, 0.25) is 15.9 Å². The van der Waals surface area contributed by atoms with Gasteiger partial charge >= 0.3 is 0 Å². The molecule has 0 radical (unpaired) electrons. The maximum absolute atomic E-state index is 12.7. The lowest BCUT2D eigenvalue weighted by atomic mass is 10.1. The van der Waals surface area contributed by atoms with Crippen molar-refractivity contribution in [2.75, 3.05) is 32.8 Å². The van der Waals surface area contributed by atoms with Crippen molar-refractivity contribution in [2.45, 2.75) is 62.7 Å². The minimum absolute atomic E-state index is 0.0670. The lowest BCUT2D eigenvalue weighted by molar-refractivity contribution is -0.134. The van der Waals surface area contributed by atoms with E-state index in [0.717, 1.165) is 38.7 Å². The SMILES string of the molecule is O=C(CC1CCCO1)N1CCC(S(=O)(=O)N2CCCCC2)CC1. The standard InChI is InChI=1S/C16H28N2O4S/c19-16(13-14-5-4-12-22-14)17-10-6-15(7-11-17)23(20,21)18-8-2-1-3-9-18/h14-15H,1-13H2. The van der Waals surface area contributed by atoms with E-state index in [-0.39, 0.29) is 17.3 Å². The highest BCUT2D eigenvalue weighted by atomic mass is 32.2. The van der Waals surface area contributed by atoms with Crippen molar-refractivity contribution in [2.24, 2.45) is 0 Å². The molecule has 0 aromatic rings. The predicted molar refractivity (Wildman–Crippen MR) is 87.5 cm³/mol. The first-order valence-electron chi connectivity index (χ1n) is 8.96. The van der Waals surface area contributed by atoms with Crippen molar-refractivity contribution in [1.29, 1.82) is 0 Å². The summed E-state index contributed by atoms with van der Waals surface area (Å²) in [6.45, 7) is 3.21. The summed E-state index contributed by atoms with van der Waals surface area (Å²) in [6, 6.07) is 0. The Labute approximate surface area is 139 Å². The van der Waals surface area contributed by atoms with Gasteiger partial charge in [0.15, 0.2) is 0 Å². The van der Waals surface area contributed by atoms with Crippen LogP contribution in [0.3, 0.4) is 0 Å². The van der Waals surface area contributed by atoms with E-state index >= 15 is 0 Å². The van der Waals surface area contributed by atoms with E-state index < -0.39 is 10.0 Å². The lowest BCUT2D eigenvalue weighted by Gasteiger charge is -2.36. The summed E-state index contributed by atoms with van der Waals surface area (Å²) in [5.74, 6) is 0.116. The Kier molecular flexibility index (Phi) is 5.59. The number of rotatable bonds is 4. The van der Waals surface area contributed by atoms with E-state index in [1.165, 1.54) is 0 Å². The number of hydrogen-bond donors (Lipinski definition) is 0. The molecule has 3 saturated heterocycles. The zero-order chi connectivity index (χ0) is 16.3. The number of ether oxygens (including phenoxy) is 1. The summed E-state index contributed by atoms with van der Waals surface area (Å²) >= 11 is 0. The second-order valence-corrected chi connectivity index (χ2v) is 9.14. The van der Waals surface area contributed by atoms with Crippen LogP contribution in [-0.4, -0.2) is 67.7 Å². The maximum atomic E-state index is 12.7. The molecule has 6 nitrogen and oxygen atoms in total. The van der Waals surface area contributed by atoms with Crippen molar-refractivity contribution in [1.82, 2.24) is 9.21 Å². The van der Waals surface area contributed by atoms with Crippen molar-refractivity contribution in [3.8, 4) is 0 Å². The zero-order valence-electron chi connectivity index (χ0n) is 13.8. The molecule has 1 amide bonds. The number of amides is 1. The normalized spacial score (nSPS) is 28.2. The summed E-state index contributed by atoms with van der Waals surface area (Å²) in [5.41, 5.74) is 0. The molecule has 23 heavy (non-hydrogen) atoms. The molecule has 0 aromatic carbocycles. The van der Waals surface area contributed by atoms with Crippen LogP contribution in [0.15, 0.2) is 0 Å². The van der Waals surface area contributed by atoms with Gasteiger partial charge in [-0.25, -0.2) is 12.7 Å². The molecule has 1 unspecified atom stereocenters. The second-order valence-electron chi connectivity index (χ2n) is 6.92. The molecular weight excluding hydrogens is 316 g/mol. The Bertz CT molecular complexity index is 502. The van der Waals surface area contributed by atoms with Gasteiger partial charge in [-0.3, -0.25) is 4.79 Å². The van der Waals surface area contributed by atoms with Crippen molar-refractivity contribution >= 4 is 15.9 Å². The van der Waals surface area contributed by atoms with Crippen molar-refractivity contribution in [3.63, 3.8) is 0 Å². The lowest BCUT2D eigenvalue weighted by Crippen LogP contribution is -2.48. The van der Waals surface area contributed by atoms with Crippen LogP contribution in [-0.2, 0) is 19.6 Å². The fourth-order valence-corrected chi connectivity index (χ4v) is 5.86. The van der Waals surface area contributed by atoms with E-state index in [9.17, 15) is 13.2 Å². The van der Waals surface area contributed by atoms with Crippen LogP contribution in [0, 0.1) is 0 Å². The van der Waals surface area contributed by atoms with Crippen LogP contribution in [0.2, 0.25) is 0 Å². The molecule has 0 bridgehead atoms. The number of carbonyl (C=O) groups excluding carboxylic acids is 1. The van der Waals surface area contributed by atoms with Crippen LogP contribution in [0.4, 0.5) is 0 Å². The maximum Gasteiger partial charge on any atom is 0.225 e. The van der Waals surface area contributed by atoms with Gasteiger partial charge in [0, 0.05) is 32.8 Å². The highest BCUT2D eigenvalue weighted by Crippen LogP contribution is 2.25. The number of nitrogens with zero attached hydrogens (tertiary/aromatic N) is 2. The Hall–Kier alpha value is -0.660. The number of sulfonamides is 1. The first-order chi connectivity index (χ1) is 11.1. The molecule has 1 atom stereocenters. The first kappa shape index (κ1) is 17.2. The van der Waals surface area contributed by atoms with Crippen LogP contribution in [0.25, 0.3) is 0 Å². The fourth-order valence-electron chi connectivity index (χ4n) is 3.86. The molecular formula is C16H28N2O4S. The molecule has 3 aliphatic heterocycles. The van der Waals surface area contributed by atoms with Crippen LogP contribution < -0.4 is 0 Å². The first-order valence-corrected chi connectivity index (χ1v) is 10.5. The molecule has 0 saturated carbocycles. The Morgan fingerprint density at radius 2 is 1.65 bits per heavy atom. The zero-order valence-corrected chi connectivity index (χ0v) is 14.6. The van der Waals surface area contributed by atoms with Gasteiger partial charge in [0.25, 0.3) is 0 Å². The van der Waals surface area contributed by atoms with Crippen LogP contribution in [0.5, 0.6) is 0 Å². The van der Waals surface area contributed by atoms with Gasteiger partial charge in [-0.15, -0.1) is 0 Å².